The summed E-state index contributed by atoms with van der Waals surface area (Å²) in [6.45, 7) is 7.98. The van der Waals surface area contributed by atoms with E-state index < -0.39 is 43.0 Å². The van der Waals surface area contributed by atoms with Gasteiger partial charge in [-0.15, -0.1) is 0 Å². The predicted molar refractivity (Wildman–Crippen MR) is 228 cm³/mol. The second-order valence-corrected chi connectivity index (χ2v) is 16.7. The lowest BCUT2D eigenvalue weighted by atomic mass is 9.97. The van der Waals surface area contributed by atoms with Gasteiger partial charge in [0.05, 0.1) is 17.8 Å². The summed E-state index contributed by atoms with van der Waals surface area (Å²) in [5.74, 6) is -6.44. The standard InChI is InChI=1S/C43H45F2N9O4.C2HF3O2/c1-26-18-30(12-13-31(26)21-46-40(57)38-51-41(58-52-38)42(2,3)4)37-35-19-32(23-54(35)48-25-47-37)29-10-6-28(7-11-29)22-53(5)24-43(44,45)20-27-8-14-33(15-9-27)49-34-16-17-36(55)50-39(34)56;3-2(4,5)1(6)7/h6-15,18-19,23,25,34,49H,16-17,20-22,24H2,1-5H3,(H,46,57)(H,50,55,56);(H,6,7). The topological polar surface area (TPSA) is 197 Å². The van der Waals surface area contributed by atoms with E-state index in [2.05, 4.69) is 36.2 Å². The maximum absolute atomic E-state index is 15.2. The molecular formula is C45H46F5N9O6. The van der Waals surface area contributed by atoms with Crippen LogP contribution in [0.2, 0.25) is 0 Å². The number of fused-ring (bicyclic) bond motifs is 1. The molecule has 1 unspecified atom stereocenters. The summed E-state index contributed by atoms with van der Waals surface area (Å²) in [5, 5.41) is 23.6. The van der Waals surface area contributed by atoms with Crippen LogP contribution >= 0.6 is 0 Å². The van der Waals surface area contributed by atoms with E-state index in [0.29, 0.717) is 30.1 Å². The highest BCUT2D eigenvalue weighted by Crippen LogP contribution is 2.30. The van der Waals surface area contributed by atoms with Crippen molar-refractivity contribution in [1.29, 1.82) is 0 Å². The number of carbonyl (C=O) groups is 4. The van der Waals surface area contributed by atoms with Crippen molar-refractivity contribution in [2.45, 2.75) is 83.6 Å². The predicted octanol–water partition coefficient (Wildman–Crippen LogP) is 7.14. The van der Waals surface area contributed by atoms with Crippen molar-refractivity contribution in [2.24, 2.45) is 0 Å². The number of aromatic nitrogens is 5. The summed E-state index contributed by atoms with van der Waals surface area (Å²) >= 11 is 0. The smallest absolute Gasteiger partial charge is 0.475 e. The maximum Gasteiger partial charge on any atom is 0.490 e. The molecule has 6 aromatic rings. The highest BCUT2D eigenvalue weighted by atomic mass is 19.4. The first kappa shape index (κ1) is 47.4. The number of amides is 3. The van der Waals surface area contributed by atoms with Crippen LogP contribution in [0, 0.1) is 6.92 Å². The zero-order valence-corrected chi connectivity index (χ0v) is 36.0. The van der Waals surface area contributed by atoms with Gasteiger partial charge in [-0.1, -0.05) is 74.5 Å². The lowest BCUT2D eigenvalue weighted by molar-refractivity contribution is -0.192. The molecule has 0 bridgehead atoms. The number of aryl methyl sites for hydroxylation is 1. The highest BCUT2D eigenvalue weighted by Gasteiger charge is 2.38. The van der Waals surface area contributed by atoms with Crippen LogP contribution in [0.1, 0.15) is 72.4 Å². The molecule has 1 aliphatic heterocycles. The first-order valence-electron chi connectivity index (χ1n) is 20.3. The number of anilines is 1. The summed E-state index contributed by atoms with van der Waals surface area (Å²) in [6.07, 6.45) is -1.44. The Kier molecular flexibility index (Phi) is 14.1. The highest BCUT2D eigenvalue weighted by molar-refractivity contribution is 6.01. The maximum atomic E-state index is 15.2. The average molecular weight is 904 g/mol. The van der Waals surface area contributed by atoms with Crippen molar-refractivity contribution in [3.63, 3.8) is 0 Å². The number of piperidine rings is 1. The Morgan fingerprint density at radius 2 is 1.60 bits per heavy atom. The SMILES string of the molecule is Cc1cc(-c2ncnn3cc(-c4ccc(CN(C)CC(F)(F)Cc5ccc(NC6CCC(=O)NC6=O)cc5)cc4)cc23)ccc1CNC(=O)c1noc(C(C)(C)C)n1.O=C(O)C(F)(F)F. The number of nitrogens with zero attached hydrogens (tertiary/aromatic N) is 6. The largest absolute Gasteiger partial charge is 0.490 e. The van der Waals surface area contributed by atoms with E-state index in [-0.39, 0.29) is 36.0 Å². The van der Waals surface area contributed by atoms with E-state index in [1.807, 2.05) is 82.4 Å². The number of nitrogens with one attached hydrogen (secondary N) is 3. The molecule has 1 aliphatic rings. The number of halogens is 5. The number of hydrogen-bond acceptors (Lipinski definition) is 11. The minimum absolute atomic E-state index is 0.00552. The first-order chi connectivity index (χ1) is 30.5. The fourth-order valence-electron chi connectivity index (χ4n) is 6.90. The third-order valence-corrected chi connectivity index (χ3v) is 10.2. The Morgan fingerprint density at radius 3 is 2.22 bits per heavy atom. The molecule has 0 aliphatic carbocycles. The Balaban J connectivity index is 0.000000925. The molecule has 65 heavy (non-hydrogen) atoms. The van der Waals surface area contributed by atoms with Crippen molar-refractivity contribution < 1.29 is 50.8 Å². The van der Waals surface area contributed by atoms with Crippen molar-refractivity contribution in [3.05, 3.63) is 119 Å². The number of alkyl halides is 5. The molecule has 0 saturated carbocycles. The van der Waals surface area contributed by atoms with Gasteiger partial charge < -0.3 is 20.3 Å². The van der Waals surface area contributed by atoms with Gasteiger partial charge in [-0.3, -0.25) is 24.6 Å². The fourth-order valence-corrected chi connectivity index (χ4v) is 6.90. The molecule has 1 atom stereocenters. The van der Waals surface area contributed by atoms with Gasteiger partial charge in [-0.2, -0.15) is 23.3 Å². The molecule has 0 spiro atoms. The third-order valence-electron chi connectivity index (χ3n) is 10.2. The van der Waals surface area contributed by atoms with E-state index in [1.165, 1.54) is 6.33 Å². The molecule has 4 N–H and O–H groups in total. The van der Waals surface area contributed by atoms with Gasteiger partial charge >= 0.3 is 12.1 Å². The monoisotopic (exact) mass is 903 g/mol. The van der Waals surface area contributed by atoms with E-state index in [4.69, 9.17) is 14.4 Å². The van der Waals surface area contributed by atoms with E-state index in [9.17, 15) is 27.6 Å². The van der Waals surface area contributed by atoms with Gasteiger partial charge in [0, 0.05) is 54.4 Å². The molecule has 4 heterocycles. The van der Waals surface area contributed by atoms with E-state index in [1.54, 1.807) is 40.7 Å². The Morgan fingerprint density at radius 1 is 0.938 bits per heavy atom. The number of carbonyl (C=O) groups excluding carboxylic acids is 3. The second kappa shape index (κ2) is 19.3. The summed E-state index contributed by atoms with van der Waals surface area (Å²) in [6, 6.07) is 21.9. The minimum atomic E-state index is -5.08. The molecule has 342 valence electrons. The molecule has 20 heteroatoms. The first-order valence-corrected chi connectivity index (χ1v) is 20.3. The summed E-state index contributed by atoms with van der Waals surface area (Å²) < 4.78 is 69.1. The summed E-state index contributed by atoms with van der Waals surface area (Å²) in [4.78, 5) is 55.5. The number of carboxylic acid groups (broad SMARTS) is 1. The third kappa shape index (κ3) is 12.6. The Labute approximate surface area is 369 Å². The normalized spacial score (nSPS) is 14.5. The molecule has 3 amide bonds. The quantitative estimate of drug-likeness (QED) is 0.0677. The molecule has 0 radical (unpaired) electrons. The molecule has 15 nitrogen and oxygen atoms in total. The van der Waals surface area contributed by atoms with Gasteiger partial charge in [0.15, 0.2) is 0 Å². The molecule has 3 aromatic carbocycles. The lowest BCUT2D eigenvalue weighted by Gasteiger charge is -2.25. The minimum Gasteiger partial charge on any atom is -0.475 e. The number of benzene rings is 3. The number of carboxylic acids is 1. The number of imide groups is 1. The second-order valence-electron chi connectivity index (χ2n) is 16.7. The van der Waals surface area contributed by atoms with Crippen LogP contribution in [0.4, 0.5) is 27.6 Å². The fraction of sp³-hybridized carbons (Fsp3) is 0.333. The lowest BCUT2D eigenvalue weighted by Crippen LogP contribution is -2.47. The van der Waals surface area contributed by atoms with Crippen LogP contribution in [0.15, 0.2) is 89.8 Å². The van der Waals surface area contributed by atoms with E-state index in [0.717, 1.165) is 44.6 Å². The Bertz CT molecular complexity index is 2680. The molecule has 3 aromatic heterocycles. The number of rotatable bonds is 13. The average Bonchev–Trinajstić information content (AvgIpc) is 3.91. The van der Waals surface area contributed by atoms with Gasteiger partial charge in [0.1, 0.15) is 12.4 Å². The van der Waals surface area contributed by atoms with Crippen LogP contribution in [-0.2, 0) is 39.3 Å². The van der Waals surface area contributed by atoms with Crippen LogP contribution in [0.25, 0.3) is 27.9 Å². The summed E-state index contributed by atoms with van der Waals surface area (Å²) in [7, 11) is 1.68. The van der Waals surface area contributed by atoms with Gasteiger partial charge in [0.2, 0.25) is 17.7 Å². The Hall–Kier alpha value is -7.09. The van der Waals surface area contributed by atoms with Crippen LogP contribution < -0.4 is 16.0 Å². The van der Waals surface area contributed by atoms with Crippen molar-refractivity contribution in [1.82, 2.24) is 40.3 Å². The molecule has 7 rings (SSSR count). The van der Waals surface area contributed by atoms with Gasteiger partial charge in [0.25, 0.3) is 17.7 Å². The van der Waals surface area contributed by atoms with Gasteiger partial charge in [-0.05, 0) is 72.5 Å². The molecular weight excluding hydrogens is 858 g/mol. The molecule has 1 fully saturated rings. The van der Waals surface area contributed by atoms with Crippen LogP contribution in [0.3, 0.4) is 0 Å². The summed E-state index contributed by atoms with van der Waals surface area (Å²) in [5.41, 5.74) is 7.88. The zero-order valence-electron chi connectivity index (χ0n) is 36.0. The van der Waals surface area contributed by atoms with Crippen LogP contribution in [-0.4, -0.2) is 90.2 Å². The van der Waals surface area contributed by atoms with Gasteiger partial charge in [-0.25, -0.2) is 23.1 Å². The number of hydrogen-bond donors (Lipinski definition) is 4. The zero-order chi connectivity index (χ0) is 47.3. The number of aliphatic carboxylic acids is 1. The van der Waals surface area contributed by atoms with Crippen LogP contribution in [0.5, 0.6) is 0 Å². The van der Waals surface area contributed by atoms with Crippen molar-refractivity contribution in [3.8, 4) is 22.4 Å². The van der Waals surface area contributed by atoms with E-state index >= 15 is 8.78 Å². The van der Waals surface area contributed by atoms with Crippen molar-refractivity contribution in [2.75, 3.05) is 18.9 Å². The molecule has 1 saturated heterocycles. The van der Waals surface area contributed by atoms with Crippen molar-refractivity contribution >= 4 is 34.9 Å².